The third kappa shape index (κ3) is 2.99. The van der Waals surface area contributed by atoms with Gasteiger partial charge in [0.05, 0.1) is 5.69 Å². The van der Waals surface area contributed by atoms with Gasteiger partial charge in [-0.15, -0.1) is 11.3 Å². The van der Waals surface area contributed by atoms with E-state index in [0.717, 1.165) is 36.4 Å². The maximum Gasteiger partial charge on any atom is 0.263 e. The van der Waals surface area contributed by atoms with Crippen LogP contribution in [-0.2, 0) is 6.42 Å². The molecule has 0 spiro atoms. The van der Waals surface area contributed by atoms with Crippen LogP contribution in [0.4, 0.5) is 8.78 Å². The number of aromatic nitrogens is 1. The summed E-state index contributed by atoms with van der Waals surface area (Å²) in [6.45, 7) is 3.06. The van der Waals surface area contributed by atoms with E-state index in [9.17, 15) is 8.78 Å². The van der Waals surface area contributed by atoms with Crippen LogP contribution in [0.2, 0.25) is 0 Å². The summed E-state index contributed by atoms with van der Waals surface area (Å²) in [4.78, 5) is 6.03. The first-order valence-corrected chi connectivity index (χ1v) is 8.12. The number of thiazole rings is 1. The minimum absolute atomic E-state index is 0.0607. The fraction of sp³-hybridized carbons (Fsp3) is 0.438. The SMILES string of the molecule is CCNC1CCCc2nc(-c3ccc(C(F)F)cc3)sc21. The van der Waals surface area contributed by atoms with Crippen molar-refractivity contribution in [2.45, 2.75) is 38.7 Å². The van der Waals surface area contributed by atoms with E-state index in [1.54, 1.807) is 23.5 Å². The molecule has 5 heteroatoms. The van der Waals surface area contributed by atoms with Crippen molar-refractivity contribution < 1.29 is 8.78 Å². The van der Waals surface area contributed by atoms with E-state index in [1.807, 2.05) is 0 Å². The molecule has 1 atom stereocenters. The summed E-state index contributed by atoms with van der Waals surface area (Å²) in [5.41, 5.74) is 2.16. The van der Waals surface area contributed by atoms with Crippen molar-refractivity contribution >= 4 is 11.3 Å². The van der Waals surface area contributed by atoms with Crippen molar-refractivity contribution in [3.63, 3.8) is 0 Å². The first kappa shape index (κ1) is 14.6. The molecule has 0 saturated heterocycles. The van der Waals surface area contributed by atoms with Gasteiger partial charge in [0.15, 0.2) is 0 Å². The molecule has 0 bridgehead atoms. The van der Waals surface area contributed by atoms with E-state index < -0.39 is 6.43 Å². The van der Waals surface area contributed by atoms with Crippen LogP contribution < -0.4 is 5.32 Å². The van der Waals surface area contributed by atoms with Gasteiger partial charge in [-0.25, -0.2) is 13.8 Å². The van der Waals surface area contributed by atoms with E-state index >= 15 is 0 Å². The second-order valence-electron chi connectivity index (χ2n) is 5.26. The lowest BCUT2D eigenvalue weighted by molar-refractivity contribution is 0.151. The quantitative estimate of drug-likeness (QED) is 0.883. The molecule has 1 N–H and O–H groups in total. The molecule has 1 aromatic carbocycles. The van der Waals surface area contributed by atoms with E-state index in [1.165, 1.54) is 22.7 Å². The Labute approximate surface area is 127 Å². The molecule has 1 aromatic heterocycles. The molecule has 2 aromatic rings. The summed E-state index contributed by atoms with van der Waals surface area (Å²) in [6, 6.07) is 6.86. The Balaban J connectivity index is 1.90. The monoisotopic (exact) mass is 308 g/mol. The number of hydrogen-bond acceptors (Lipinski definition) is 3. The lowest BCUT2D eigenvalue weighted by atomic mass is 9.98. The Hall–Kier alpha value is -1.33. The van der Waals surface area contributed by atoms with Crippen LogP contribution in [0.15, 0.2) is 24.3 Å². The molecule has 1 aliphatic carbocycles. The predicted octanol–water partition coefficient (Wildman–Crippen LogP) is 4.73. The van der Waals surface area contributed by atoms with Crippen LogP contribution in [-0.4, -0.2) is 11.5 Å². The molecular weight excluding hydrogens is 290 g/mol. The van der Waals surface area contributed by atoms with Gasteiger partial charge < -0.3 is 5.32 Å². The van der Waals surface area contributed by atoms with Crippen molar-refractivity contribution in [3.05, 3.63) is 40.4 Å². The fourth-order valence-electron chi connectivity index (χ4n) is 2.76. The first-order chi connectivity index (χ1) is 10.2. The van der Waals surface area contributed by atoms with E-state index in [0.29, 0.717) is 6.04 Å². The maximum atomic E-state index is 12.6. The fourth-order valence-corrected chi connectivity index (χ4v) is 3.98. The Morgan fingerprint density at radius 3 is 2.76 bits per heavy atom. The summed E-state index contributed by atoms with van der Waals surface area (Å²) in [5.74, 6) is 0. The largest absolute Gasteiger partial charge is 0.309 e. The highest BCUT2D eigenvalue weighted by atomic mass is 32.1. The molecule has 0 radical (unpaired) electrons. The predicted molar refractivity (Wildman–Crippen MR) is 81.9 cm³/mol. The molecule has 0 amide bonds. The molecule has 3 rings (SSSR count). The van der Waals surface area contributed by atoms with Crippen LogP contribution in [0.3, 0.4) is 0 Å². The average molecular weight is 308 g/mol. The summed E-state index contributed by atoms with van der Waals surface area (Å²) in [5, 5.41) is 4.44. The zero-order valence-electron chi connectivity index (χ0n) is 11.9. The molecular formula is C16H18F2N2S. The van der Waals surface area contributed by atoms with Gasteiger partial charge in [0.2, 0.25) is 0 Å². The maximum absolute atomic E-state index is 12.6. The van der Waals surface area contributed by atoms with Crippen molar-refractivity contribution in [1.29, 1.82) is 0 Å². The van der Waals surface area contributed by atoms with Crippen LogP contribution in [0.5, 0.6) is 0 Å². The molecule has 21 heavy (non-hydrogen) atoms. The Kier molecular flexibility index (Phi) is 4.31. The minimum atomic E-state index is -2.42. The standard InChI is InChI=1S/C16H18F2N2S/c1-2-19-12-4-3-5-13-14(12)21-16(20-13)11-8-6-10(7-9-11)15(17)18/h6-9,12,15,19H,2-5H2,1H3. The second kappa shape index (κ2) is 6.20. The average Bonchev–Trinajstić information content (AvgIpc) is 2.93. The summed E-state index contributed by atoms with van der Waals surface area (Å²) < 4.78 is 25.2. The molecule has 0 fully saturated rings. The summed E-state index contributed by atoms with van der Waals surface area (Å²) in [7, 11) is 0. The van der Waals surface area contributed by atoms with Gasteiger partial charge in [-0.2, -0.15) is 0 Å². The third-order valence-corrected chi connectivity index (χ3v) is 5.07. The number of hydrogen-bond donors (Lipinski definition) is 1. The van der Waals surface area contributed by atoms with Gasteiger partial charge in [-0.3, -0.25) is 0 Å². The van der Waals surface area contributed by atoms with Gasteiger partial charge >= 0.3 is 0 Å². The highest BCUT2D eigenvalue weighted by Gasteiger charge is 2.24. The van der Waals surface area contributed by atoms with Crippen LogP contribution >= 0.6 is 11.3 Å². The zero-order valence-corrected chi connectivity index (χ0v) is 12.7. The highest BCUT2D eigenvalue weighted by molar-refractivity contribution is 7.15. The smallest absolute Gasteiger partial charge is 0.263 e. The van der Waals surface area contributed by atoms with Crippen molar-refractivity contribution in [2.75, 3.05) is 6.54 Å². The lowest BCUT2D eigenvalue weighted by Gasteiger charge is -2.21. The van der Waals surface area contributed by atoms with Gasteiger partial charge in [0.1, 0.15) is 5.01 Å². The van der Waals surface area contributed by atoms with Crippen molar-refractivity contribution in [2.24, 2.45) is 0 Å². The van der Waals surface area contributed by atoms with Gasteiger partial charge in [-0.05, 0) is 25.8 Å². The molecule has 112 valence electrons. The molecule has 1 unspecified atom stereocenters. The first-order valence-electron chi connectivity index (χ1n) is 7.30. The van der Waals surface area contributed by atoms with Gasteiger partial charge in [0.25, 0.3) is 6.43 Å². The van der Waals surface area contributed by atoms with Gasteiger partial charge in [-0.1, -0.05) is 31.2 Å². The van der Waals surface area contributed by atoms with Gasteiger partial charge in [0, 0.05) is 22.0 Å². The Morgan fingerprint density at radius 1 is 1.33 bits per heavy atom. The zero-order chi connectivity index (χ0) is 14.8. The number of benzene rings is 1. The Bertz CT molecular complexity index is 607. The number of halogens is 2. The van der Waals surface area contributed by atoms with Crippen molar-refractivity contribution in [3.8, 4) is 10.6 Å². The molecule has 0 saturated carbocycles. The molecule has 0 aliphatic heterocycles. The normalized spacial score (nSPS) is 18.0. The van der Waals surface area contributed by atoms with E-state index in [-0.39, 0.29) is 5.56 Å². The second-order valence-corrected chi connectivity index (χ2v) is 6.29. The minimum Gasteiger partial charge on any atom is -0.309 e. The van der Waals surface area contributed by atoms with E-state index in [4.69, 9.17) is 4.98 Å². The number of nitrogens with zero attached hydrogens (tertiary/aromatic N) is 1. The number of rotatable bonds is 4. The third-order valence-electron chi connectivity index (χ3n) is 3.81. The topological polar surface area (TPSA) is 24.9 Å². The number of aryl methyl sites for hydroxylation is 1. The number of alkyl halides is 2. The molecule has 1 aliphatic rings. The van der Waals surface area contributed by atoms with E-state index in [2.05, 4.69) is 12.2 Å². The van der Waals surface area contributed by atoms with Crippen LogP contribution in [0, 0.1) is 0 Å². The Morgan fingerprint density at radius 2 is 2.10 bits per heavy atom. The summed E-state index contributed by atoms with van der Waals surface area (Å²) in [6.07, 6.45) is 0.898. The van der Waals surface area contributed by atoms with Crippen molar-refractivity contribution in [1.82, 2.24) is 10.3 Å². The lowest BCUT2D eigenvalue weighted by Crippen LogP contribution is -2.23. The van der Waals surface area contributed by atoms with Crippen LogP contribution in [0.25, 0.3) is 10.6 Å². The molecule has 1 heterocycles. The summed E-state index contributed by atoms with van der Waals surface area (Å²) >= 11 is 1.69. The highest BCUT2D eigenvalue weighted by Crippen LogP contribution is 2.38. The van der Waals surface area contributed by atoms with Crippen LogP contribution in [0.1, 0.15) is 48.4 Å². The molecule has 2 nitrogen and oxygen atoms in total. The number of nitrogens with one attached hydrogen (secondary N) is 1. The number of fused-ring (bicyclic) bond motifs is 1.